The monoisotopic (exact) mass is 441 g/mol. The molecular formula is C27H27N3O3. The summed E-state index contributed by atoms with van der Waals surface area (Å²) in [6.45, 7) is 10.9. The van der Waals surface area contributed by atoms with E-state index in [1.165, 1.54) is 0 Å². The summed E-state index contributed by atoms with van der Waals surface area (Å²) in [5, 5.41) is 4.68. The maximum atomic E-state index is 13.5. The first kappa shape index (κ1) is 21.1. The molecule has 168 valence electrons. The molecule has 4 aromatic rings. The Kier molecular flexibility index (Phi) is 5.29. The van der Waals surface area contributed by atoms with E-state index in [1.54, 1.807) is 6.08 Å². The molecule has 0 N–H and O–H groups in total. The van der Waals surface area contributed by atoms with Crippen LogP contribution in [0.1, 0.15) is 41.0 Å². The van der Waals surface area contributed by atoms with Crippen molar-refractivity contribution in [2.24, 2.45) is 0 Å². The van der Waals surface area contributed by atoms with Gasteiger partial charge in [0.1, 0.15) is 23.3 Å². The van der Waals surface area contributed by atoms with Crippen LogP contribution in [0.25, 0.3) is 22.8 Å². The van der Waals surface area contributed by atoms with Crippen LogP contribution in [0, 0.1) is 6.92 Å². The van der Waals surface area contributed by atoms with E-state index in [9.17, 15) is 4.79 Å². The lowest BCUT2D eigenvalue weighted by Crippen LogP contribution is -2.05. The summed E-state index contributed by atoms with van der Waals surface area (Å²) >= 11 is 0. The first-order chi connectivity index (χ1) is 16.0. The number of para-hydroxylation sites is 2. The van der Waals surface area contributed by atoms with Crippen molar-refractivity contribution in [2.75, 3.05) is 6.61 Å². The molecule has 6 heteroatoms. The normalized spacial score (nSPS) is 15.3. The van der Waals surface area contributed by atoms with Gasteiger partial charge in [-0.05, 0) is 57.2 Å². The van der Waals surface area contributed by atoms with Crippen molar-refractivity contribution in [2.45, 2.75) is 39.8 Å². The number of rotatable bonds is 7. The van der Waals surface area contributed by atoms with Gasteiger partial charge in [-0.15, -0.1) is 6.58 Å². The van der Waals surface area contributed by atoms with Crippen molar-refractivity contribution >= 4 is 28.5 Å². The van der Waals surface area contributed by atoms with Gasteiger partial charge in [0.05, 0.1) is 28.9 Å². The Morgan fingerprint density at radius 3 is 2.85 bits per heavy atom. The van der Waals surface area contributed by atoms with Crippen molar-refractivity contribution in [1.82, 2.24) is 14.2 Å². The summed E-state index contributed by atoms with van der Waals surface area (Å²) < 4.78 is 15.7. The zero-order chi connectivity index (χ0) is 23.1. The summed E-state index contributed by atoms with van der Waals surface area (Å²) in [6.07, 6.45) is 6.25. The van der Waals surface area contributed by atoms with Gasteiger partial charge in [0.25, 0.3) is 0 Å². The number of ether oxygens (including phenoxy) is 2. The third-order valence-electron chi connectivity index (χ3n) is 5.99. The molecule has 0 saturated heterocycles. The fourth-order valence-electron chi connectivity index (χ4n) is 4.63. The number of nitrogens with zero attached hydrogens (tertiary/aromatic N) is 3. The molecule has 1 unspecified atom stereocenters. The fourth-order valence-corrected chi connectivity index (χ4v) is 4.63. The molecule has 0 spiro atoms. The highest BCUT2D eigenvalue weighted by Gasteiger charge is 2.23. The molecule has 0 bridgehead atoms. The second-order valence-corrected chi connectivity index (χ2v) is 8.34. The number of aryl methyl sites for hydroxylation is 1. The minimum Gasteiger partial charge on any atom is -0.493 e. The number of allylic oxidation sites excluding steroid dienone is 2. The van der Waals surface area contributed by atoms with Crippen molar-refractivity contribution in [3.05, 3.63) is 77.5 Å². The Hall–Kier alpha value is -3.80. The van der Waals surface area contributed by atoms with Gasteiger partial charge in [0, 0.05) is 24.1 Å². The van der Waals surface area contributed by atoms with Crippen LogP contribution in [0.2, 0.25) is 0 Å². The molecule has 1 atom stereocenters. The molecule has 0 saturated carbocycles. The SMILES string of the molecule is C=CCn1c2ccccc2n2nc(C)c(C(=O)C=Cc3cc4c(cc3OCC)CC(C)O4)c12. The molecule has 0 amide bonds. The highest BCUT2D eigenvalue weighted by Crippen LogP contribution is 2.36. The molecular weight excluding hydrogens is 414 g/mol. The number of fused-ring (bicyclic) bond motifs is 4. The van der Waals surface area contributed by atoms with Crippen molar-refractivity contribution in [3.8, 4) is 11.5 Å². The molecule has 3 heterocycles. The van der Waals surface area contributed by atoms with Crippen LogP contribution in [0.5, 0.6) is 11.5 Å². The Morgan fingerprint density at radius 1 is 1.30 bits per heavy atom. The molecule has 0 radical (unpaired) electrons. The van der Waals surface area contributed by atoms with Crippen LogP contribution in [-0.2, 0) is 13.0 Å². The summed E-state index contributed by atoms with van der Waals surface area (Å²) in [5.41, 5.74) is 6.00. The van der Waals surface area contributed by atoms with Gasteiger partial charge in [-0.2, -0.15) is 5.10 Å². The molecule has 5 rings (SSSR count). The second-order valence-electron chi connectivity index (χ2n) is 8.34. The van der Waals surface area contributed by atoms with E-state index in [0.29, 0.717) is 24.4 Å². The summed E-state index contributed by atoms with van der Waals surface area (Å²) in [6, 6.07) is 12.0. The number of hydrogen-bond donors (Lipinski definition) is 0. The first-order valence-electron chi connectivity index (χ1n) is 11.3. The predicted octanol–water partition coefficient (Wildman–Crippen LogP) is 5.40. The molecule has 0 fully saturated rings. The van der Waals surface area contributed by atoms with Gasteiger partial charge >= 0.3 is 0 Å². The average Bonchev–Trinajstić information content (AvgIpc) is 3.42. The third kappa shape index (κ3) is 3.52. The largest absolute Gasteiger partial charge is 0.493 e. The Morgan fingerprint density at radius 2 is 2.09 bits per heavy atom. The predicted molar refractivity (Wildman–Crippen MR) is 130 cm³/mol. The van der Waals surface area contributed by atoms with Crippen molar-refractivity contribution in [1.29, 1.82) is 0 Å². The number of benzene rings is 2. The van der Waals surface area contributed by atoms with E-state index in [4.69, 9.17) is 9.47 Å². The van der Waals surface area contributed by atoms with E-state index in [1.807, 2.05) is 66.9 Å². The number of imidazole rings is 1. The maximum Gasteiger partial charge on any atom is 0.191 e. The lowest BCUT2D eigenvalue weighted by Gasteiger charge is -2.10. The first-order valence-corrected chi connectivity index (χ1v) is 11.3. The van der Waals surface area contributed by atoms with Crippen LogP contribution in [0.3, 0.4) is 0 Å². The quantitative estimate of drug-likeness (QED) is 0.219. The van der Waals surface area contributed by atoms with Crippen LogP contribution >= 0.6 is 0 Å². The van der Waals surface area contributed by atoms with Gasteiger partial charge in [0.15, 0.2) is 5.78 Å². The Bertz CT molecular complexity index is 1420. The molecule has 1 aliphatic heterocycles. The zero-order valence-electron chi connectivity index (χ0n) is 19.2. The van der Waals surface area contributed by atoms with Gasteiger partial charge < -0.3 is 14.0 Å². The lowest BCUT2D eigenvalue weighted by molar-refractivity contribution is 0.104. The van der Waals surface area contributed by atoms with E-state index in [-0.39, 0.29) is 11.9 Å². The molecule has 0 aliphatic carbocycles. The van der Waals surface area contributed by atoms with E-state index in [2.05, 4.69) is 23.2 Å². The van der Waals surface area contributed by atoms with E-state index in [0.717, 1.165) is 45.7 Å². The minimum absolute atomic E-state index is 0.104. The van der Waals surface area contributed by atoms with Crippen molar-refractivity contribution < 1.29 is 14.3 Å². The molecule has 33 heavy (non-hydrogen) atoms. The third-order valence-corrected chi connectivity index (χ3v) is 5.99. The number of hydrogen-bond acceptors (Lipinski definition) is 4. The molecule has 6 nitrogen and oxygen atoms in total. The standard InChI is InChI=1S/C27H27N3O3/c1-5-13-29-21-9-7-8-10-22(21)30-27(29)26(18(4)28-30)23(31)12-11-19-15-25-20(14-17(3)33-25)16-24(19)32-6-2/h5,7-12,15-17H,1,6,13-14H2,2-4H3. The molecule has 2 aromatic carbocycles. The lowest BCUT2D eigenvalue weighted by atomic mass is 10.0. The van der Waals surface area contributed by atoms with Crippen LogP contribution < -0.4 is 9.47 Å². The number of carbonyl (C=O) groups is 1. The topological polar surface area (TPSA) is 57.8 Å². The van der Waals surface area contributed by atoms with Crippen LogP contribution in [0.15, 0.2) is 55.1 Å². The summed E-state index contributed by atoms with van der Waals surface area (Å²) in [5.74, 6) is 1.51. The summed E-state index contributed by atoms with van der Waals surface area (Å²) in [7, 11) is 0. The van der Waals surface area contributed by atoms with Crippen LogP contribution in [-0.4, -0.2) is 32.7 Å². The van der Waals surface area contributed by atoms with E-state index < -0.39 is 0 Å². The second kappa shape index (κ2) is 8.28. The van der Waals surface area contributed by atoms with E-state index >= 15 is 0 Å². The van der Waals surface area contributed by atoms with Gasteiger partial charge in [-0.25, -0.2) is 4.52 Å². The van der Waals surface area contributed by atoms with Gasteiger partial charge in [0.2, 0.25) is 0 Å². The average molecular weight is 442 g/mol. The van der Waals surface area contributed by atoms with Crippen molar-refractivity contribution in [3.63, 3.8) is 0 Å². The summed E-state index contributed by atoms with van der Waals surface area (Å²) in [4.78, 5) is 13.5. The number of aromatic nitrogens is 3. The van der Waals surface area contributed by atoms with Gasteiger partial charge in [-0.3, -0.25) is 4.79 Å². The Balaban J connectivity index is 1.59. The smallest absolute Gasteiger partial charge is 0.191 e. The number of ketones is 1. The van der Waals surface area contributed by atoms with Crippen LogP contribution in [0.4, 0.5) is 0 Å². The molecule has 1 aliphatic rings. The minimum atomic E-state index is -0.104. The maximum absolute atomic E-state index is 13.5. The fraction of sp³-hybridized carbons (Fsp3) is 0.259. The van der Waals surface area contributed by atoms with Gasteiger partial charge in [-0.1, -0.05) is 18.2 Å². The number of carbonyl (C=O) groups excluding carboxylic acids is 1. The highest BCUT2D eigenvalue weighted by atomic mass is 16.5. The molecule has 2 aromatic heterocycles. The highest BCUT2D eigenvalue weighted by molar-refractivity contribution is 6.12. The Labute approximate surface area is 192 Å². The zero-order valence-corrected chi connectivity index (χ0v) is 19.2.